The number of nitrogens with zero attached hydrogens (tertiary/aromatic N) is 3. The molecule has 2 aromatic heterocycles. The van der Waals surface area contributed by atoms with Gasteiger partial charge >= 0.3 is 0 Å². The number of aromatic nitrogens is 2. The lowest BCUT2D eigenvalue weighted by Crippen LogP contribution is -2.42. The molecule has 0 aliphatic carbocycles. The average molecular weight is 486 g/mol. The van der Waals surface area contributed by atoms with Gasteiger partial charge in [0.05, 0.1) is 5.69 Å². The van der Waals surface area contributed by atoms with Crippen LogP contribution in [-0.4, -0.2) is 61.4 Å². The molecule has 1 aliphatic heterocycles. The van der Waals surface area contributed by atoms with Crippen LogP contribution in [0.3, 0.4) is 0 Å². The van der Waals surface area contributed by atoms with Gasteiger partial charge in [-0.3, -0.25) is 0 Å². The van der Waals surface area contributed by atoms with E-state index < -0.39 is 0 Å². The van der Waals surface area contributed by atoms with Crippen molar-refractivity contribution in [3.63, 3.8) is 0 Å². The van der Waals surface area contributed by atoms with Crippen molar-refractivity contribution >= 4 is 41.3 Å². The molecule has 5 nitrogen and oxygen atoms in total. The largest absolute Gasteiger partial charge is 0.371 e. The summed E-state index contributed by atoms with van der Waals surface area (Å²) in [4.78, 5) is 13.1. The highest BCUT2D eigenvalue weighted by atomic mass is 31.1. The Kier molecular flexibility index (Phi) is 6.82. The lowest BCUT2D eigenvalue weighted by atomic mass is 10.0. The highest BCUT2D eigenvalue weighted by Gasteiger charge is 2.22. The first-order chi connectivity index (χ1) is 16.9. The molecular formula is C29H36N5P. The van der Waals surface area contributed by atoms with E-state index in [2.05, 4.69) is 114 Å². The van der Waals surface area contributed by atoms with E-state index in [0.29, 0.717) is 6.04 Å². The predicted octanol–water partition coefficient (Wildman–Crippen LogP) is 6.18. The molecule has 0 saturated carbocycles. The van der Waals surface area contributed by atoms with E-state index in [1.807, 2.05) is 6.20 Å². The zero-order valence-corrected chi connectivity index (χ0v) is 22.4. The minimum absolute atomic E-state index is 0.198. The fourth-order valence-corrected chi connectivity index (χ4v) is 6.20. The molecule has 4 aromatic rings. The van der Waals surface area contributed by atoms with E-state index in [1.165, 1.54) is 40.6 Å². The summed E-state index contributed by atoms with van der Waals surface area (Å²) in [7, 11) is 4.19. The Bertz CT molecular complexity index is 1320. The van der Waals surface area contributed by atoms with E-state index in [-0.39, 0.29) is 7.92 Å². The number of fused-ring (bicyclic) bond motifs is 1. The second-order valence-corrected chi connectivity index (χ2v) is 12.3. The molecule has 5 rings (SSSR count). The number of rotatable bonds is 6. The maximum absolute atomic E-state index is 4.62. The van der Waals surface area contributed by atoms with E-state index >= 15 is 0 Å². The molecule has 0 radical (unpaired) electrons. The maximum Gasteiger partial charge on any atom is 0.139 e. The summed E-state index contributed by atoms with van der Waals surface area (Å²) in [5.74, 6) is 0. The Hall–Kier alpha value is -2.88. The van der Waals surface area contributed by atoms with E-state index in [0.717, 1.165) is 35.5 Å². The summed E-state index contributed by atoms with van der Waals surface area (Å²) in [5, 5.41) is 6.17. The van der Waals surface area contributed by atoms with Crippen molar-refractivity contribution in [1.29, 1.82) is 0 Å². The highest BCUT2D eigenvalue weighted by molar-refractivity contribution is 7.64. The third-order valence-electron chi connectivity index (χ3n) is 7.23. The predicted molar refractivity (Wildman–Crippen MR) is 153 cm³/mol. The van der Waals surface area contributed by atoms with Crippen LogP contribution in [0.15, 0.2) is 60.8 Å². The number of hydrogen-bond donors (Lipinski definition) is 2. The Labute approximate surface area is 210 Å². The Morgan fingerprint density at radius 3 is 2.49 bits per heavy atom. The second-order valence-electron chi connectivity index (χ2n) is 10.0. The van der Waals surface area contributed by atoms with Gasteiger partial charge in [-0.25, -0.2) is 4.98 Å². The van der Waals surface area contributed by atoms with Crippen molar-refractivity contribution < 1.29 is 0 Å². The maximum atomic E-state index is 4.62. The summed E-state index contributed by atoms with van der Waals surface area (Å²) < 4.78 is 0. The lowest BCUT2D eigenvalue weighted by Gasteiger charge is -2.37. The quantitative estimate of drug-likeness (QED) is 0.320. The van der Waals surface area contributed by atoms with Crippen LogP contribution >= 0.6 is 7.92 Å². The van der Waals surface area contributed by atoms with Crippen LogP contribution in [-0.2, 0) is 0 Å². The topological polar surface area (TPSA) is 47.2 Å². The smallest absolute Gasteiger partial charge is 0.139 e. The van der Waals surface area contributed by atoms with Crippen molar-refractivity contribution in [2.24, 2.45) is 0 Å². The molecule has 1 saturated heterocycles. The van der Waals surface area contributed by atoms with Crippen LogP contribution in [0.25, 0.3) is 22.3 Å². The van der Waals surface area contributed by atoms with Gasteiger partial charge < -0.3 is 20.1 Å². The standard InChI is InChI=1S/C29H36N5P/c1-20-18-21(10-11-27(20)34-16-13-22(14-17-34)33(2)3)26-19-23-24(12-15-30-29(23)32-26)31-25-8-6-7-9-28(25)35(4)5/h6-12,15,18-19,22H,13-14,16-17H2,1-5H3,(H2,30,31,32). The summed E-state index contributed by atoms with van der Waals surface area (Å²) in [6, 6.07) is 20.4. The third-order valence-corrected chi connectivity index (χ3v) is 8.58. The first-order valence-electron chi connectivity index (χ1n) is 12.4. The molecule has 0 atom stereocenters. The number of benzene rings is 2. The molecule has 1 fully saturated rings. The molecule has 35 heavy (non-hydrogen) atoms. The Morgan fingerprint density at radius 1 is 1.00 bits per heavy atom. The van der Waals surface area contributed by atoms with E-state index in [9.17, 15) is 0 Å². The number of hydrogen-bond acceptors (Lipinski definition) is 4. The number of pyridine rings is 1. The molecule has 6 heteroatoms. The van der Waals surface area contributed by atoms with Crippen molar-refractivity contribution in [1.82, 2.24) is 14.9 Å². The van der Waals surface area contributed by atoms with Gasteiger partial charge in [-0.2, -0.15) is 0 Å². The molecule has 1 aliphatic rings. The minimum Gasteiger partial charge on any atom is -0.371 e. The number of aryl methyl sites for hydroxylation is 1. The number of anilines is 3. The van der Waals surface area contributed by atoms with Crippen LogP contribution in [0.5, 0.6) is 0 Å². The average Bonchev–Trinajstić information content (AvgIpc) is 3.30. The molecule has 0 unspecified atom stereocenters. The van der Waals surface area contributed by atoms with Gasteiger partial charge in [-0.15, -0.1) is 0 Å². The highest BCUT2D eigenvalue weighted by Crippen LogP contribution is 2.34. The molecular weight excluding hydrogens is 449 g/mol. The van der Waals surface area contributed by atoms with Crippen molar-refractivity contribution in [2.45, 2.75) is 25.8 Å². The number of nitrogens with one attached hydrogen (secondary N) is 2. The van der Waals surface area contributed by atoms with Crippen LogP contribution in [0.1, 0.15) is 18.4 Å². The summed E-state index contributed by atoms with van der Waals surface area (Å²) in [6.45, 7) is 9.06. The van der Waals surface area contributed by atoms with Gasteiger partial charge in [0.25, 0.3) is 0 Å². The monoisotopic (exact) mass is 485 g/mol. The van der Waals surface area contributed by atoms with Gasteiger partial charge in [0.2, 0.25) is 0 Å². The summed E-state index contributed by atoms with van der Waals surface area (Å²) in [5.41, 5.74) is 8.15. The first kappa shape index (κ1) is 23.8. The van der Waals surface area contributed by atoms with Crippen molar-refractivity contribution in [3.05, 3.63) is 66.4 Å². The second kappa shape index (κ2) is 10.0. The van der Waals surface area contributed by atoms with Crippen LogP contribution in [0.4, 0.5) is 17.1 Å². The van der Waals surface area contributed by atoms with E-state index in [1.54, 1.807) is 0 Å². The zero-order chi connectivity index (χ0) is 24.5. The van der Waals surface area contributed by atoms with Crippen LogP contribution in [0, 0.1) is 6.92 Å². The van der Waals surface area contributed by atoms with Crippen LogP contribution in [0.2, 0.25) is 0 Å². The molecule has 0 amide bonds. The summed E-state index contributed by atoms with van der Waals surface area (Å²) in [6.07, 6.45) is 4.32. The van der Waals surface area contributed by atoms with Gasteiger partial charge in [0.1, 0.15) is 5.65 Å². The minimum atomic E-state index is -0.198. The molecule has 0 bridgehead atoms. The van der Waals surface area contributed by atoms with Gasteiger partial charge in [0.15, 0.2) is 0 Å². The number of piperidine rings is 1. The van der Waals surface area contributed by atoms with Crippen molar-refractivity contribution in [2.75, 3.05) is 50.7 Å². The Balaban J connectivity index is 1.41. The van der Waals surface area contributed by atoms with Crippen LogP contribution < -0.4 is 15.5 Å². The molecule has 182 valence electrons. The first-order valence-corrected chi connectivity index (χ1v) is 14.7. The fraction of sp³-hybridized carbons (Fsp3) is 0.345. The zero-order valence-electron chi connectivity index (χ0n) is 21.5. The normalized spacial score (nSPS) is 14.9. The summed E-state index contributed by atoms with van der Waals surface area (Å²) >= 11 is 0. The fourth-order valence-electron chi connectivity index (χ4n) is 5.21. The van der Waals surface area contributed by atoms with E-state index in [4.69, 9.17) is 0 Å². The number of H-pyrrole nitrogens is 1. The van der Waals surface area contributed by atoms with Gasteiger partial charge in [0, 0.05) is 47.8 Å². The third kappa shape index (κ3) is 4.94. The molecule has 2 N–H and O–H groups in total. The molecule has 0 spiro atoms. The number of aromatic amines is 1. The van der Waals surface area contributed by atoms with Gasteiger partial charge in [-0.1, -0.05) is 32.2 Å². The number of para-hydroxylation sites is 1. The van der Waals surface area contributed by atoms with Crippen molar-refractivity contribution in [3.8, 4) is 11.3 Å². The lowest BCUT2D eigenvalue weighted by molar-refractivity contribution is 0.249. The SMILES string of the molecule is Cc1cc(-c2cc3c(Nc4ccccc4P(C)C)ccnc3[nH]2)ccc1N1CCC(N(C)C)CC1. The molecule has 3 heterocycles. The molecule has 2 aromatic carbocycles. The Morgan fingerprint density at radius 2 is 1.77 bits per heavy atom. The van der Waals surface area contributed by atoms with Gasteiger partial charge in [-0.05, 0) is 94.0 Å².